The van der Waals surface area contributed by atoms with Crippen molar-refractivity contribution in [1.82, 2.24) is 24.5 Å². The number of aliphatic hydroxyl groups is 3. The van der Waals surface area contributed by atoms with Crippen LogP contribution in [-0.4, -0.2) is 91.1 Å². The summed E-state index contributed by atoms with van der Waals surface area (Å²) in [5, 5.41) is 31.7. The number of hydrogen-bond acceptors (Lipinski definition) is 10. The number of hydrazine groups is 1. The zero-order valence-electron chi connectivity index (χ0n) is 15.3. The van der Waals surface area contributed by atoms with Gasteiger partial charge in [-0.3, -0.25) is 4.57 Å². The Morgan fingerprint density at radius 3 is 2.89 bits per heavy atom. The van der Waals surface area contributed by atoms with Crippen molar-refractivity contribution in [3.05, 3.63) is 11.6 Å². The molecule has 2 fully saturated rings. The molecule has 5 atom stereocenters. The number of hydrogen-bond donors (Lipinski definition) is 4. The van der Waals surface area contributed by atoms with E-state index in [-0.39, 0.29) is 11.3 Å². The highest BCUT2D eigenvalue weighted by molar-refractivity contribution is 6.28. The van der Waals surface area contributed by atoms with Crippen LogP contribution in [0.4, 0.5) is 5.82 Å². The van der Waals surface area contributed by atoms with E-state index in [2.05, 4.69) is 20.4 Å². The number of nitrogens with one attached hydrogen (secondary N) is 1. The van der Waals surface area contributed by atoms with Crippen molar-refractivity contribution in [2.45, 2.75) is 43.4 Å². The normalized spacial score (nSPS) is 31.1. The first-order valence-electron chi connectivity index (χ1n) is 9.08. The van der Waals surface area contributed by atoms with Gasteiger partial charge in [-0.05, 0) is 24.4 Å². The summed E-state index contributed by atoms with van der Waals surface area (Å²) in [5.74, 6) is 0.434. The zero-order chi connectivity index (χ0) is 19.8. The van der Waals surface area contributed by atoms with Gasteiger partial charge in [-0.25, -0.2) is 9.99 Å². The fraction of sp³-hybridized carbons (Fsp3) is 0.688. The molecule has 0 spiro atoms. The fourth-order valence-electron chi connectivity index (χ4n) is 3.75. The average Bonchev–Trinajstić information content (AvgIpc) is 3.35. The van der Waals surface area contributed by atoms with Gasteiger partial charge >= 0.3 is 0 Å². The molecule has 4 rings (SSSR count). The first kappa shape index (κ1) is 19.7. The second-order valence-corrected chi connectivity index (χ2v) is 7.29. The summed E-state index contributed by atoms with van der Waals surface area (Å²) >= 11 is 6.12. The van der Waals surface area contributed by atoms with E-state index in [0.29, 0.717) is 23.6 Å². The number of nitrogens with zero attached hydrogens (tertiary/aromatic N) is 5. The van der Waals surface area contributed by atoms with Crippen LogP contribution in [0.1, 0.15) is 19.1 Å². The predicted octanol–water partition coefficient (Wildman–Crippen LogP) is -0.471. The van der Waals surface area contributed by atoms with Crippen LogP contribution >= 0.6 is 11.6 Å². The molecule has 0 amide bonds. The second-order valence-electron chi connectivity index (χ2n) is 6.95. The summed E-state index contributed by atoms with van der Waals surface area (Å²) in [6.07, 6.45) is -0.848. The first-order valence-corrected chi connectivity index (χ1v) is 9.46. The monoisotopic (exact) mass is 414 g/mol. The van der Waals surface area contributed by atoms with E-state index in [1.165, 1.54) is 10.9 Å². The average molecular weight is 415 g/mol. The van der Waals surface area contributed by atoms with Crippen molar-refractivity contribution >= 4 is 28.6 Å². The van der Waals surface area contributed by atoms with Gasteiger partial charge in [0.2, 0.25) is 5.28 Å². The third-order valence-corrected chi connectivity index (χ3v) is 5.34. The third-order valence-electron chi connectivity index (χ3n) is 5.17. The minimum absolute atomic E-state index is 0.00554. The largest absolute Gasteiger partial charge is 0.394 e. The summed E-state index contributed by atoms with van der Waals surface area (Å²) in [6, 6.07) is 0.205. The molecule has 2 saturated heterocycles. The molecule has 0 saturated carbocycles. The van der Waals surface area contributed by atoms with E-state index in [0.717, 1.165) is 19.4 Å². The van der Waals surface area contributed by atoms with Crippen LogP contribution in [0.2, 0.25) is 5.28 Å². The first-order chi connectivity index (χ1) is 13.5. The Labute approximate surface area is 165 Å². The third kappa shape index (κ3) is 3.43. The second kappa shape index (κ2) is 8.03. The molecule has 11 nitrogen and oxygen atoms in total. The van der Waals surface area contributed by atoms with E-state index in [4.69, 9.17) is 21.1 Å². The molecule has 2 aromatic heterocycles. The highest BCUT2D eigenvalue weighted by Crippen LogP contribution is 2.33. The standard InChI is InChI=1S/C16H23ClN6O5/c1-27-6-8-3-2-4-23(8)21-13-10-14(20-16(17)19-13)22(7-18-10)15-12(26)11(25)9(5-24)28-15/h7-9,11-12,15,24-26H,2-6H2,1H3,(H,19,20,21)/t8?,9-,11-,12-,15+/m1/s1. The Morgan fingerprint density at radius 2 is 2.18 bits per heavy atom. The van der Waals surface area contributed by atoms with Gasteiger partial charge in [-0.2, -0.15) is 9.97 Å². The van der Waals surface area contributed by atoms with Crippen molar-refractivity contribution in [1.29, 1.82) is 0 Å². The van der Waals surface area contributed by atoms with Crippen molar-refractivity contribution in [2.24, 2.45) is 0 Å². The van der Waals surface area contributed by atoms with Gasteiger partial charge in [0.15, 0.2) is 23.2 Å². The fourth-order valence-corrected chi connectivity index (χ4v) is 3.91. The maximum absolute atomic E-state index is 10.3. The van der Waals surface area contributed by atoms with Crippen molar-refractivity contribution in [3.8, 4) is 0 Å². The minimum atomic E-state index is -1.25. The predicted molar refractivity (Wildman–Crippen MR) is 98.6 cm³/mol. The summed E-state index contributed by atoms with van der Waals surface area (Å²) in [7, 11) is 1.67. The SMILES string of the molecule is COCC1CCCN1Nc1nc(Cl)nc2c1ncn2[C@H]1O[C@H](CO)[C@@H](O)[C@H]1O. The molecule has 0 aromatic carbocycles. The van der Waals surface area contributed by atoms with Crippen LogP contribution in [0.5, 0.6) is 0 Å². The van der Waals surface area contributed by atoms with Crippen LogP contribution < -0.4 is 5.43 Å². The maximum atomic E-state index is 10.3. The number of rotatable bonds is 6. The van der Waals surface area contributed by atoms with Gasteiger partial charge in [0, 0.05) is 13.7 Å². The molecule has 28 heavy (non-hydrogen) atoms. The van der Waals surface area contributed by atoms with Gasteiger partial charge < -0.3 is 30.2 Å². The van der Waals surface area contributed by atoms with Crippen LogP contribution in [0, 0.1) is 0 Å². The van der Waals surface area contributed by atoms with Gasteiger partial charge in [0.25, 0.3) is 0 Å². The summed E-state index contributed by atoms with van der Waals surface area (Å²) in [4.78, 5) is 12.8. The molecule has 2 aromatic rings. The highest BCUT2D eigenvalue weighted by Gasteiger charge is 2.44. The lowest BCUT2D eigenvalue weighted by Gasteiger charge is -2.25. The smallest absolute Gasteiger partial charge is 0.226 e. The number of fused-ring (bicyclic) bond motifs is 1. The molecule has 0 bridgehead atoms. The van der Waals surface area contributed by atoms with Gasteiger partial charge in [0.05, 0.1) is 25.6 Å². The Bertz CT molecular complexity index is 837. The van der Waals surface area contributed by atoms with Crippen LogP contribution in [-0.2, 0) is 9.47 Å². The van der Waals surface area contributed by atoms with Gasteiger partial charge in [-0.1, -0.05) is 0 Å². The van der Waals surface area contributed by atoms with Crippen molar-refractivity contribution in [2.75, 3.05) is 32.3 Å². The van der Waals surface area contributed by atoms with Gasteiger partial charge in [-0.15, -0.1) is 0 Å². The van der Waals surface area contributed by atoms with E-state index < -0.39 is 31.1 Å². The van der Waals surface area contributed by atoms with Crippen molar-refractivity contribution in [3.63, 3.8) is 0 Å². The molecule has 0 aliphatic carbocycles. The van der Waals surface area contributed by atoms with Crippen LogP contribution in [0.15, 0.2) is 6.33 Å². The Hall–Kier alpha value is -1.60. The summed E-state index contributed by atoms with van der Waals surface area (Å²) in [6.45, 7) is 0.998. The maximum Gasteiger partial charge on any atom is 0.226 e. The van der Waals surface area contributed by atoms with E-state index >= 15 is 0 Å². The quantitative estimate of drug-likeness (QED) is 0.459. The Morgan fingerprint density at radius 1 is 1.36 bits per heavy atom. The highest BCUT2D eigenvalue weighted by atomic mass is 35.5. The molecule has 154 valence electrons. The number of anilines is 1. The van der Waals surface area contributed by atoms with E-state index in [1.54, 1.807) is 7.11 Å². The number of ether oxygens (including phenoxy) is 2. The topological polar surface area (TPSA) is 138 Å². The number of methoxy groups -OCH3 is 1. The zero-order valence-corrected chi connectivity index (χ0v) is 16.0. The number of halogens is 1. The van der Waals surface area contributed by atoms with E-state index in [9.17, 15) is 15.3 Å². The molecular formula is C16H23ClN6O5. The number of imidazole rings is 1. The molecule has 1 unspecified atom stereocenters. The summed E-state index contributed by atoms with van der Waals surface area (Å²) < 4.78 is 12.3. The lowest BCUT2D eigenvalue weighted by atomic mass is 10.1. The molecule has 2 aliphatic rings. The van der Waals surface area contributed by atoms with Gasteiger partial charge in [0.1, 0.15) is 18.3 Å². The molecule has 12 heteroatoms. The van der Waals surface area contributed by atoms with Crippen LogP contribution in [0.25, 0.3) is 11.2 Å². The minimum Gasteiger partial charge on any atom is -0.394 e. The van der Waals surface area contributed by atoms with Crippen LogP contribution in [0.3, 0.4) is 0 Å². The molecular weight excluding hydrogens is 392 g/mol. The molecule has 0 radical (unpaired) electrons. The Balaban J connectivity index is 1.66. The number of aliphatic hydroxyl groups excluding tert-OH is 3. The molecule has 4 N–H and O–H groups in total. The van der Waals surface area contributed by atoms with Crippen molar-refractivity contribution < 1.29 is 24.8 Å². The van der Waals surface area contributed by atoms with E-state index in [1.807, 2.05) is 5.01 Å². The molecule has 2 aliphatic heterocycles. The lowest BCUT2D eigenvalue weighted by molar-refractivity contribution is -0.0511. The Kier molecular flexibility index (Phi) is 5.65. The summed E-state index contributed by atoms with van der Waals surface area (Å²) in [5.41, 5.74) is 4.05. The number of aromatic nitrogens is 4. The lowest BCUT2D eigenvalue weighted by Crippen LogP contribution is -2.37. The molecule has 4 heterocycles.